The van der Waals surface area contributed by atoms with Gasteiger partial charge in [-0.05, 0) is 12.1 Å². The largest absolute Gasteiger partial charge is 0.483 e. The second-order valence-electron chi connectivity index (χ2n) is 4.14. The van der Waals surface area contributed by atoms with Crippen molar-refractivity contribution in [2.75, 3.05) is 13.2 Å². The Kier molecular flexibility index (Phi) is 3.96. The van der Waals surface area contributed by atoms with Crippen LogP contribution in [-0.4, -0.2) is 35.3 Å². The van der Waals surface area contributed by atoms with Crippen molar-refractivity contribution in [3.05, 3.63) is 33.9 Å². The number of carboxylic acid groups (broad SMARTS) is 1. The number of carboxylic acids is 1. The molecule has 0 amide bonds. The van der Waals surface area contributed by atoms with E-state index >= 15 is 0 Å². The molecule has 0 aromatic heterocycles. The maximum Gasteiger partial charge on any atom is 0.342 e. The normalized spacial score (nSPS) is 16.0. The molecule has 1 aliphatic heterocycles. The molecule has 1 aromatic rings. The molecule has 19 heavy (non-hydrogen) atoms. The van der Waals surface area contributed by atoms with Crippen molar-refractivity contribution in [1.29, 1.82) is 0 Å². The van der Waals surface area contributed by atoms with E-state index in [0.717, 1.165) is 0 Å². The highest BCUT2D eigenvalue weighted by Gasteiger charge is 2.27. The Hall–Kier alpha value is -2.15. The molecule has 1 aromatic carbocycles. The molecular weight excluding hydrogens is 254 g/mol. The average Bonchev–Trinajstić information content (AvgIpc) is 2.39. The van der Waals surface area contributed by atoms with Crippen LogP contribution in [0.2, 0.25) is 0 Å². The Morgan fingerprint density at radius 3 is 2.68 bits per heavy atom. The summed E-state index contributed by atoms with van der Waals surface area (Å²) in [6.45, 7) is 1.08. The molecule has 1 heterocycles. The summed E-state index contributed by atoms with van der Waals surface area (Å²) in [5, 5.41) is 20.0. The van der Waals surface area contributed by atoms with Gasteiger partial charge in [0.1, 0.15) is 11.7 Å². The highest BCUT2D eigenvalue weighted by molar-refractivity contribution is 5.93. The van der Waals surface area contributed by atoms with Gasteiger partial charge >= 0.3 is 11.7 Å². The van der Waals surface area contributed by atoms with Gasteiger partial charge in [0, 0.05) is 12.8 Å². The fourth-order valence-corrected chi connectivity index (χ4v) is 1.95. The van der Waals surface area contributed by atoms with Gasteiger partial charge in [-0.25, -0.2) is 4.79 Å². The van der Waals surface area contributed by atoms with Crippen molar-refractivity contribution < 1.29 is 24.3 Å². The van der Waals surface area contributed by atoms with Crippen molar-refractivity contribution in [2.45, 2.75) is 18.9 Å². The third-order valence-corrected chi connectivity index (χ3v) is 2.87. The molecule has 0 radical (unpaired) electrons. The molecular formula is C12H13NO6. The molecule has 0 bridgehead atoms. The topological polar surface area (TPSA) is 98.9 Å². The van der Waals surface area contributed by atoms with Gasteiger partial charge < -0.3 is 14.6 Å². The molecule has 0 atom stereocenters. The first kappa shape index (κ1) is 13.3. The highest BCUT2D eigenvalue weighted by Crippen LogP contribution is 2.32. The van der Waals surface area contributed by atoms with Gasteiger partial charge in [-0.1, -0.05) is 6.07 Å². The summed E-state index contributed by atoms with van der Waals surface area (Å²) >= 11 is 0. The van der Waals surface area contributed by atoms with E-state index in [1.807, 2.05) is 0 Å². The highest BCUT2D eigenvalue weighted by atomic mass is 16.6. The number of para-hydroxylation sites is 1. The quantitative estimate of drug-likeness (QED) is 0.660. The standard InChI is InChI=1S/C12H13NO6/c14-12(15)9-2-1-3-10(11(9)13(16)17)19-8-4-6-18-7-5-8/h1-3,8H,4-7H2,(H,14,15). The SMILES string of the molecule is O=C(O)c1cccc(OC2CCOCC2)c1[N+](=O)[O-]. The molecule has 7 heteroatoms. The molecule has 1 aliphatic rings. The number of rotatable bonds is 4. The van der Waals surface area contributed by atoms with Crippen LogP contribution in [0.15, 0.2) is 18.2 Å². The maximum atomic E-state index is 11.0. The lowest BCUT2D eigenvalue weighted by Crippen LogP contribution is -2.26. The van der Waals surface area contributed by atoms with Crippen LogP contribution in [0, 0.1) is 10.1 Å². The maximum absolute atomic E-state index is 11.0. The van der Waals surface area contributed by atoms with E-state index in [1.165, 1.54) is 18.2 Å². The van der Waals surface area contributed by atoms with Crippen LogP contribution in [0.5, 0.6) is 5.75 Å². The third-order valence-electron chi connectivity index (χ3n) is 2.87. The molecule has 1 fully saturated rings. The minimum atomic E-state index is -1.34. The number of benzene rings is 1. The Morgan fingerprint density at radius 1 is 1.42 bits per heavy atom. The number of hydrogen-bond acceptors (Lipinski definition) is 5. The number of nitro benzene ring substituents is 1. The van der Waals surface area contributed by atoms with Gasteiger partial charge in [-0.3, -0.25) is 10.1 Å². The lowest BCUT2D eigenvalue weighted by Gasteiger charge is -2.23. The molecule has 0 spiro atoms. The first-order valence-electron chi connectivity index (χ1n) is 5.84. The van der Waals surface area contributed by atoms with Gasteiger partial charge in [0.25, 0.3) is 0 Å². The first-order valence-corrected chi connectivity index (χ1v) is 5.84. The smallest absolute Gasteiger partial charge is 0.342 e. The molecule has 2 rings (SSSR count). The van der Waals surface area contributed by atoms with Gasteiger partial charge in [0.15, 0.2) is 5.75 Å². The van der Waals surface area contributed by atoms with Crippen LogP contribution in [0.3, 0.4) is 0 Å². The van der Waals surface area contributed by atoms with Gasteiger partial charge in [0.05, 0.1) is 18.1 Å². The Bertz CT molecular complexity index is 495. The van der Waals surface area contributed by atoms with Crippen LogP contribution in [0.25, 0.3) is 0 Å². The number of nitro groups is 1. The van der Waals surface area contributed by atoms with E-state index in [1.54, 1.807) is 0 Å². The summed E-state index contributed by atoms with van der Waals surface area (Å²) in [6, 6.07) is 4.04. The van der Waals surface area contributed by atoms with E-state index in [9.17, 15) is 14.9 Å². The van der Waals surface area contributed by atoms with E-state index in [2.05, 4.69) is 0 Å². The minimum absolute atomic E-state index is 0.00296. The number of carbonyl (C=O) groups is 1. The summed E-state index contributed by atoms with van der Waals surface area (Å²) in [5.74, 6) is -1.35. The first-order chi connectivity index (χ1) is 9.09. The minimum Gasteiger partial charge on any atom is -0.483 e. The second-order valence-corrected chi connectivity index (χ2v) is 4.14. The zero-order valence-electron chi connectivity index (χ0n) is 10.1. The third kappa shape index (κ3) is 3.00. The fourth-order valence-electron chi connectivity index (χ4n) is 1.95. The van der Waals surface area contributed by atoms with Crippen LogP contribution < -0.4 is 4.74 Å². The number of ether oxygens (including phenoxy) is 2. The van der Waals surface area contributed by atoms with Crippen molar-refractivity contribution in [3.8, 4) is 5.75 Å². The van der Waals surface area contributed by atoms with E-state index in [4.69, 9.17) is 14.6 Å². The van der Waals surface area contributed by atoms with Crippen molar-refractivity contribution in [2.24, 2.45) is 0 Å². The average molecular weight is 267 g/mol. The number of nitrogens with zero attached hydrogens (tertiary/aromatic N) is 1. The molecule has 0 saturated carbocycles. The monoisotopic (exact) mass is 267 g/mol. The Labute approximate surface area is 108 Å². The van der Waals surface area contributed by atoms with E-state index < -0.39 is 16.6 Å². The van der Waals surface area contributed by atoms with Crippen LogP contribution in [-0.2, 0) is 4.74 Å². The Balaban J connectivity index is 2.30. The molecule has 0 unspecified atom stereocenters. The summed E-state index contributed by atoms with van der Waals surface area (Å²) in [4.78, 5) is 21.3. The van der Waals surface area contributed by atoms with Gasteiger partial charge in [-0.2, -0.15) is 0 Å². The molecule has 1 N–H and O–H groups in total. The lowest BCUT2D eigenvalue weighted by atomic mass is 10.1. The zero-order chi connectivity index (χ0) is 13.8. The van der Waals surface area contributed by atoms with Crippen molar-refractivity contribution >= 4 is 11.7 Å². The van der Waals surface area contributed by atoms with Crippen LogP contribution >= 0.6 is 0 Å². The Morgan fingerprint density at radius 2 is 2.11 bits per heavy atom. The van der Waals surface area contributed by atoms with Crippen LogP contribution in [0.4, 0.5) is 5.69 Å². The molecule has 0 aliphatic carbocycles. The summed E-state index contributed by atoms with van der Waals surface area (Å²) in [7, 11) is 0. The van der Waals surface area contributed by atoms with Crippen molar-refractivity contribution in [1.82, 2.24) is 0 Å². The summed E-state index contributed by atoms with van der Waals surface area (Å²) in [6.07, 6.45) is 1.08. The van der Waals surface area contributed by atoms with E-state index in [-0.39, 0.29) is 17.4 Å². The van der Waals surface area contributed by atoms with Crippen molar-refractivity contribution in [3.63, 3.8) is 0 Å². The second kappa shape index (κ2) is 5.66. The predicted octanol–water partition coefficient (Wildman–Crippen LogP) is 1.85. The number of hydrogen-bond donors (Lipinski definition) is 1. The molecule has 7 nitrogen and oxygen atoms in total. The molecule has 102 valence electrons. The lowest BCUT2D eigenvalue weighted by molar-refractivity contribution is -0.386. The summed E-state index contributed by atoms with van der Waals surface area (Å²) < 4.78 is 10.7. The zero-order valence-corrected chi connectivity index (χ0v) is 10.1. The van der Waals surface area contributed by atoms with Gasteiger partial charge in [0.2, 0.25) is 0 Å². The number of aromatic carboxylic acids is 1. The van der Waals surface area contributed by atoms with Gasteiger partial charge in [-0.15, -0.1) is 0 Å². The predicted molar refractivity (Wildman–Crippen MR) is 64.5 cm³/mol. The summed E-state index contributed by atoms with van der Waals surface area (Å²) in [5.41, 5.74) is -0.865. The fraction of sp³-hybridized carbons (Fsp3) is 0.417. The van der Waals surface area contributed by atoms with E-state index in [0.29, 0.717) is 26.1 Å². The van der Waals surface area contributed by atoms with Crippen LogP contribution in [0.1, 0.15) is 23.2 Å². The molecule has 1 saturated heterocycles.